The molecule has 1 aromatic heterocycles. The Balaban J connectivity index is 2.31. The fourth-order valence-corrected chi connectivity index (χ4v) is 2.32. The van der Waals surface area contributed by atoms with Crippen LogP contribution in [0.5, 0.6) is 0 Å². The van der Waals surface area contributed by atoms with Crippen molar-refractivity contribution >= 4 is 29.3 Å². The zero-order valence-electron chi connectivity index (χ0n) is 9.23. The summed E-state index contributed by atoms with van der Waals surface area (Å²) in [6.07, 6.45) is 1.12. The number of aromatic nitrogens is 1. The maximum atomic E-state index is 13.4. The SMILES string of the molecule is O=C(O)c1cnc(Sc2ccc(F)cc2F)c(Cl)c1. The van der Waals surface area contributed by atoms with E-state index in [0.29, 0.717) is 0 Å². The van der Waals surface area contributed by atoms with Gasteiger partial charge < -0.3 is 5.11 Å². The minimum Gasteiger partial charge on any atom is -0.478 e. The number of carboxylic acids is 1. The molecule has 0 fully saturated rings. The number of carbonyl (C=O) groups is 1. The standard InChI is InChI=1S/C12H6ClF2NO2S/c13-8-3-6(12(17)18)5-16-11(8)19-10-2-1-7(14)4-9(10)15/h1-5H,(H,17,18). The summed E-state index contributed by atoms with van der Waals surface area (Å²) in [5, 5.41) is 9.10. The Morgan fingerprint density at radius 3 is 2.63 bits per heavy atom. The Kier molecular flexibility index (Phi) is 4.01. The second-order valence-electron chi connectivity index (χ2n) is 3.49. The van der Waals surface area contributed by atoms with Crippen molar-refractivity contribution in [2.24, 2.45) is 0 Å². The third-order valence-electron chi connectivity index (χ3n) is 2.15. The Morgan fingerprint density at radius 1 is 1.32 bits per heavy atom. The maximum absolute atomic E-state index is 13.4. The van der Waals surface area contributed by atoms with Gasteiger partial charge in [-0.15, -0.1) is 0 Å². The van der Waals surface area contributed by atoms with Crippen molar-refractivity contribution in [3.05, 3.63) is 52.7 Å². The van der Waals surface area contributed by atoms with Crippen LogP contribution in [-0.4, -0.2) is 16.1 Å². The monoisotopic (exact) mass is 301 g/mol. The Bertz CT molecular complexity index is 652. The van der Waals surface area contributed by atoms with E-state index >= 15 is 0 Å². The first-order valence-electron chi connectivity index (χ1n) is 4.99. The highest BCUT2D eigenvalue weighted by atomic mass is 35.5. The van der Waals surface area contributed by atoms with Gasteiger partial charge in [0.25, 0.3) is 0 Å². The Hall–Kier alpha value is -1.66. The van der Waals surface area contributed by atoms with Gasteiger partial charge in [0.1, 0.15) is 16.7 Å². The van der Waals surface area contributed by atoms with Crippen LogP contribution in [0.4, 0.5) is 8.78 Å². The molecule has 0 unspecified atom stereocenters. The average Bonchev–Trinajstić information content (AvgIpc) is 2.34. The summed E-state index contributed by atoms with van der Waals surface area (Å²) >= 11 is 6.76. The summed E-state index contributed by atoms with van der Waals surface area (Å²) in [6, 6.07) is 4.35. The van der Waals surface area contributed by atoms with E-state index in [0.717, 1.165) is 30.1 Å². The normalized spacial score (nSPS) is 10.5. The average molecular weight is 302 g/mol. The van der Waals surface area contributed by atoms with Crippen molar-refractivity contribution in [2.75, 3.05) is 0 Å². The largest absolute Gasteiger partial charge is 0.478 e. The van der Waals surface area contributed by atoms with E-state index in [4.69, 9.17) is 16.7 Å². The quantitative estimate of drug-likeness (QED) is 0.935. The molecule has 0 atom stereocenters. The molecule has 0 saturated heterocycles. The van der Waals surface area contributed by atoms with Crippen molar-refractivity contribution in [3.8, 4) is 0 Å². The summed E-state index contributed by atoms with van der Waals surface area (Å²) in [5.41, 5.74) is -0.0612. The topological polar surface area (TPSA) is 50.2 Å². The molecule has 2 rings (SSSR count). The van der Waals surface area contributed by atoms with Gasteiger partial charge in [0.05, 0.1) is 10.6 Å². The lowest BCUT2D eigenvalue weighted by Crippen LogP contribution is -1.97. The number of hydrogen-bond donors (Lipinski definition) is 1. The molecule has 98 valence electrons. The molecule has 0 aliphatic carbocycles. The second kappa shape index (κ2) is 5.54. The van der Waals surface area contributed by atoms with Crippen LogP contribution in [-0.2, 0) is 0 Å². The van der Waals surface area contributed by atoms with Gasteiger partial charge in [-0.3, -0.25) is 0 Å². The lowest BCUT2D eigenvalue weighted by atomic mass is 10.3. The lowest BCUT2D eigenvalue weighted by molar-refractivity contribution is 0.0696. The van der Waals surface area contributed by atoms with Gasteiger partial charge in [0, 0.05) is 17.2 Å². The molecule has 0 aliphatic heterocycles. The first-order chi connectivity index (χ1) is 8.97. The molecular formula is C12H6ClF2NO2S. The molecule has 0 amide bonds. The van der Waals surface area contributed by atoms with Gasteiger partial charge in [-0.2, -0.15) is 0 Å². The third kappa shape index (κ3) is 3.21. The molecule has 0 aliphatic rings. The summed E-state index contributed by atoms with van der Waals surface area (Å²) in [7, 11) is 0. The van der Waals surface area contributed by atoms with Gasteiger partial charge in [-0.25, -0.2) is 18.6 Å². The van der Waals surface area contributed by atoms with E-state index in [-0.39, 0.29) is 20.5 Å². The van der Waals surface area contributed by atoms with Gasteiger partial charge >= 0.3 is 5.97 Å². The molecule has 2 aromatic rings. The van der Waals surface area contributed by atoms with Crippen LogP contribution in [0, 0.1) is 11.6 Å². The number of halogens is 3. The Labute approximate surface area is 116 Å². The van der Waals surface area contributed by atoms with Crippen LogP contribution in [0.1, 0.15) is 10.4 Å². The smallest absolute Gasteiger partial charge is 0.337 e. The van der Waals surface area contributed by atoms with Crippen molar-refractivity contribution in [1.29, 1.82) is 0 Å². The van der Waals surface area contributed by atoms with Gasteiger partial charge in [-0.05, 0) is 18.2 Å². The van der Waals surface area contributed by atoms with E-state index < -0.39 is 17.6 Å². The summed E-state index contributed by atoms with van der Waals surface area (Å²) in [6.45, 7) is 0. The highest BCUT2D eigenvalue weighted by molar-refractivity contribution is 7.99. The molecule has 1 aromatic carbocycles. The molecule has 1 heterocycles. The summed E-state index contributed by atoms with van der Waals surface area (Å²) in [5.74, 6) is -2.56. The molecule has 0 saturated carbocycles. The number of nitrogens with zero attached hydrogens (tertiary/aromatic N) is 1. The highest BCUT2D eigenvalue weighted by Crippen LogP contribution is 2.33. The van der Waals surface area contributed by atoms with Crippen LogP contribution in [0.3, 0.4) is 0 Å². The van der Waals surface area contributed by atoms with Gasteiger partial charge in [0.15, 0.2) is 0 Å². The molecule has 0 spiro atoms. The van der Waals surface area contributed by atoms with Crippen LogP contribution >= 0.6 is 23.4 Å². The Morgan fingerprint density at radius 2 is 2.05 bits per heavy atom. The van der Waals surface area contributed by atoms with E-state index in [1.165, 1.54) is 12.1 Å². The van der Waals surface area contributed by atoms with Crippen molar-refractivity contribution in [3.63, 3.8) is 0 Å². The second-order valence-corrected chi connectivity index (χ2v) is 4.93. The van der Waals surface area contributed by atoms with Crippen LogP contribution in [0.25, 0.3) is 0 Å². The third-order valence-corrected chi connectivity index (χ3v) is 3.62. The fourth-order valence-electron chi connectivity index (χ4n) is 1.28. The predicted octanol–water partition coefficient (Wildman–Crippen LogP) is 3.86. The molecular weight excluding hydrogens is 296 g/mol. The minimum absolute atomic E-state index is 0.0612. The van der Waals surface area contributed by atoms with Crippen molar-refractivity contribution < 1.29 is 18.7 Å². The van der Waals surface area contributed by atoms with Crippen LogP contribution in [0.15, 0.2) is 40.4 Å². The molecule has 1 N–H and O–H groups in total. The molecule has 0 radical (unpaired) electrons. The minimum atomic E-state index is -1.15. The zero-order chi connectivity index (χ0) is 14.0. The van der Waals surface area contributed by atoms with E-state index in [1.807, 2.05) is 0 Å². The van der Waals surface area contributed by atoms with Gasteiger partial charge in [-0.1, -0.05) is 23.4 Å². The predicted molar refractivity (Wildman–Crippen MR) is 66.7 cm³/mol. The van der Waals surface area contributed by atoms with Crippen molar-refractivity contribution in [1.82, 2.24) is 4.98 Å². The van der Waals surface area contributed by atoms with Gasteiger partial charge in [0.2, 0.25) is 0 Å². The van der Waals surface area contributed by atoms with E-state index in [2.05, 4.69) is 4.98 Å². The number of hydrogen-bond acceptors (Lipinski definition) is 3. The summed E-state index contributed by atoms with van der Waals surface area (Å²) < 4.78 is 26.2. The zero-order valence-corrected chi connectivity index (χ0v) is 10.8. The highest BCUT2D eigenvalue weighted by Gasteiger charge is 2.12. The fraction of sp³-hybridized carbons (Fsp3) is 0. The first kappa shape index (κ1) is 13.8. The van der Waals surface area contributed by atoms with E-state index in [1.54, 1.807) is 0 Å². The van der Waals surface area contributed by atoms with Crippen molar-refractivity contribution in [2.45, 2.75) is 9.92 Å². The molecule has 7 heteroatoms. The number of benzene rings is 1. The molecule has 3 nitrogen and oxygen atoms in total. The molecule has 0 bridgehead atoms. The van der Waals surface area contributed by atoms with E-state index in [9.17, 15) is 13.6 Å². The number of pyridine rings is 1. The number of aromatic carboxylic acids is 1. The summed E-state index contributed by atoms with van der Waals surface area (Å²) in [4.78, 5) is 14.7. The molecule has 19 heavy (non-hydrogen) atoms. The number of carboxylic acid groups (broad SMARTS) is 1. The maximum Gasteiger partial charge on any atom is 0.337 e. The van der Waals surface area contributed by atoms with Crippen LogP contribution in [0.2, 0.25) is 5.02 Å². The number of rotatable bonds is 3. The lowest BCUT2D eigenvalue weighted by Gasteiger charge is -2.05. The first-order valence-corrected chi connectivity index (χ1v) is 6.18. The van der Waals surface area contributed by atoms with Crippen LogP contribution < -0.4 is 0 Å².